The number of hydrogen-bond donors (Lipinski definition) is 1. The zero-order valence-corrected chi connectivity index (χ0v) is 16.0. The topological polar surface area (TPSA) is 102 Å². The second kappa shape index (κ2) is 7.07. The number of carbonyl (C=O) groups is 4. The lowest BCUT2D eigenvalue weighted by Crippen LogP contribution is -2.54. The molecule has 1 saturated heterocycles. The first kappa shape index (κ1) is 18.5. The molecule has 3 aliphatic rings. The van der Waals surface area contributed by atoms with Crippen LogP contribution in [0.1, 0.15) is 50.2 Å². The summed E-state index contributed by atoms with van der Waals surface area (Å²) >= 11 is 0. The minimum Gasteiger partial charge on any atom is -0.488 e. The Hall–Kier alpha value is -3.52. The predicted molar refractivity (Wildman–Crippen MR) is 102 cm³/mol. The number of piperidine rings is 1. The van der Waals surface area contributed by atoms with Gasteiger partial charge in [0.15, 0.2) is 0 Å². The highest BCUT2D eigenvalue weighted by molar-refractivity contribution is 6.24. The fraction of sp³-hybridized carbons (Fsp3) is 0.273. The zero-order chi connectivity index (χ0) is 20.8. The quantitative estimate of drug-likeness (QED) is 0.776. The second-order valence-corrected chi connectivity index (χ2v) is 7.51. The molecule has 0 aliphatic carbocycles. The highest BCUT2D eigenvalue weighted by Crippen LogP contribution is 2.34. The van der Waals surface area contributed by atoms with Gasteiger partial charge in [-0.15, -0.1) is 0 Å². The molecule has 2 aromatic rings. The smallest absolute Gasteiger partial charge is 0.266 e. The van der Waals surface area contributed by atoms with Crippen molar-refractivity contribution in [3.05, 3.63) is 64.2 Å². The van der Waals surface area contributed by atoms with E-state index in [9.17, 15) is 19.2 Å². The van der Waals surface area contributed by atoms with Crippen LogP contribution in [0.4, 0.5) is 0 Å². The summed E-state index contributed by atoms with van der Waals surface area (Å²) in [6.07, 6.45) is 0.193. The van der Waals surface area contributed by atoms with Gasteiger partial charge in [-0.25, -0.2) is 0 Å². The lowest BCUT2D eigenvalue weighted by atomic mass is 10.0. The summed E-state index contributed by atoms with van der Waals surface area (Å²) in [5.41, 5.74) is 3.54. The number of rotatable bonds is 4. The largest absolute Gasteiger partial charge is 0.488 e. The predicted octanol–water partition coefficient (Wildman–Crippen LogP) is 1.70. The van der Waals surface area contributed by atoms with Crippen molar-refractivity contribution < 1.29 is 28.7 Å². The van der Waals surface area contributed by atoms with Gasteiger partial charge in [0.25, 0.3) is 11.8 Å². The number of nitrogens with zero attached hydrogens (tertiary/aromatic N) is 1. The molecular weight excluding hydrogens is 388 g/mol. The molecule has 152 valence electrons. The molecule has 0 aromatic heterocycles. The minimum atomic E-state index is -1.00. The van der Waals surface area contributed by atoms with Crippen LogP contribution in [0.5, 0.6) is 5.75 Å². The monoisotopic (exact) mass is 406 g/mol. The summed E-state index contributed by atoms with van der Waals surface area (Å²) in [4.78, 5) is 50.5. The number of benzene rings is 2. The summed E-state index contributed by atoms with van der Waals surface area (Å²) in [7, 11) is 0. The van der Waals surface area contributed by atoms with E-state index in [1.807, 2.05) is 18.2 Å². The Morgan fingerprint density at radius 3 is 2.70 bits per heavy atom. The zero-order valence-electron chi connectivity index (χ0n) is 16.0. The normalized spacial score (nSPS) is 20.3. The van der Waals surface area contributed by atoms with Crippen LogP contribution in [0.25, 0.3) is 0 Å². The third-order valence-electron chi connectivity index (χ3n) is 5.61. The van der Waals surface area contributed by atoms with E-state index in [0.29, 0.717) is 13.2 Å². The van der Waals surface area contributed by atoms with Gasteiger partial charge in [-0.3, -0.25) is 29.4 Å². The van der Waals surface area contributed by atoms with Crippen LogP contribution in [-0.4, -0.2) is 34.6 Å². The average molecular weight is 406 g/mol. The molecule has 0 bridgehead atoms. The van der Waals surface area contributed by atoms with Gasteiger partial charge in [-0.05, 0) is 41.3 Å². The van der Waals surface area contributed by atoms with E-state index in [-0.39, 0.29) is 36.3 Å². The molecule has 1 unspecified atom stereocenters. The maximum absolute atomic E-state index is 13.1. The Balaban J connectivity index is 1.39. The molecule has 0 spiro atoms. The third-order valence-corrected chi connectivity index (χ3v) is 5.61. The Morgan fingerprint density at radius 1 is 1.03 bits per heavy atom. The van der Waals surface area contributed by atoms with Gasteiger partial charge in [-0.2, -0.15) is 0 Å². The maximum Gasteiger partial charge on any atom is 0.266 e. The van der Waals surface area contributed by atoms with Gasteiger partial charge in [0.2, 0.25) is 11.8 Å². The van der Waals surface area contributed by atoms with Crippen molar-refractivity contribution in [1.82, 2.24) is 10.2 Å². The fourth-order valence-electron chi connectivity index (χ4n) is 4.08. The average Bonchev–Trinajstić information content (AvgIpc) is 3.30. The van der Waals surface area contributed by atoms with E-state index in [0.717, 1.165) is 21.6 Å². The Morgan fingerprint density at radius 2 is 1.87 bits per heavy atom. The van der Waals surface area contributed by atoms with Crippen LogP contribution in [0, 0.1) is 0 Å². The Kier molecular flexibility index (Phi) is 4.36. The van der Waals surface area contributed by atoms with Crippen molar-refractivity contribution in [3.63, 3.8) is 0 Å². The molecule has 8 heteroatoms. The number of amides is 4. The number of fused-ring (bicyclic) bond motifs is 2. The van der Waals surface area contributed by atoms with Crippen molar-refractivity contribution in [3.8, 4) is 5.75 Å². The molecule has 4 amide bonds. The van der Waals surface area contributed by atoms with E-state index in [4.69, 9.17) is 9.47 Å². The first-order valence-corrected chi connectivity index (χ1v) is 9.69. The van der Waals surface area contributed by atoms with Crippen molar-refractivity contribution in [2.75, 3.05) is 0 Å². The van der Waals surface area contributed by atoms with Crippen molar-refractivity contribution >= 4 is 23.6 Å². The van der Waals surface area contributed by atoms with Crippen molar-refractivity contribution in [2.45, 2.75) is 38.7 Å². The maximum atomic E-state index is 13.1. The molecule has 1 fully saturated rings. The first-order chi connectivity index (χ1) is 14.5. The molecule has 2 aromatic carbocycles. The summed E-state index contributed by atoms with van der Waals surface area (Å²) in [6.45, 7) is 1.40. The SMILES string of the molecule is O=C1CCC(N2C(=O)c3cccc(OCc4ccc5c(c4)COC5)c3C2=O)C(=O)N1. The molecule has 1 N–H and O–H groups in total. The van der Waals surface area contributed by atoms with Gasteiger partial charge in [-0.1, -0.05) is 18.2 Å². The summed E-state index contributed by atoms with van der Waals surface area (Å²) in [5, 5.41) is 2.19. The Labute approximate surface area is 171 Å². The van der Waals surface area contributed by atoms with Gasteiger partial charge in [0, 0.05) is 6.42 Å². The number of imide groups is 2. The molecule has 30 heavy (non-hydrogen) atoms. The lowest BCUT2D eigenvalue weighted by Gasteiger charge is -2.27. The number of nitrogens with one attached hydrogen (secondary N) is 1. The second-order valence-electron chi connectivity index (χ2n) is 7.51. The van der Waals surface area contributed by atoms with Crippen LogP contribution in [-0.2, 0) is 34.1 Å². The first-order valence-electron chi connectivity index (χ1n) is 9.69. The molecule has 3 heterocycles. The molecule has 3 aliphatic heterocycles. The Bertz CT molecular complexity index is 1110. The highest BCUT2D eigenvalue weighted by atomic mass is 16.5. The van der Waals surface area contributed by atoms with E-state index in [1.165, 1.54) is 0 Å². The minimum absolute atomic E-state index is 0.0786. The number of hydrogen-bond acceptors (Lipinski definition) is 6. The van der Waals surface area contributed by atoms with Crippen LogP contribution < -0.4 is 10.1 Å². The summed E-state index contributed by atoms with van der Waals surface area (Å²) in [6, 6.07) is 9.77. The molecular formula is C22H18N2O6. The van der Waals surface area contributed by atoms with Crippen LogP contribution in [0.2, 0.25) is 0 Å². The fourth-order valence-corrected chi connectivity index (χ4v) is 4.08. The number of carbonyl (C=O) groups excluding carboxylic acids is 4. The van der Waals surface area contributed by atoms with Gasteiger partial charge in [0.1, 0.15) is 18.4 Å². The van der Waals surface area contributed by atoms with E-state index < -0.39 is 29.7 Å². The van der Waals surface area contributed by atoms with E-state index >= 15 is 0 Å². The van der Waals surface area contributed by atoms with Crippen LogP contribution in [0.3, 0.4) is 0 Å². The highest BCUT2D eigenvalue weighted by Gasteiger charge is 2.45. The molecule has 5 rings (SSSR count). The molecule has 8 nitrogen and oxygen atoms in total. The summed E-state index contributed by atoms with van der Waals surface area (Å²) in [5.74, 6) is -1.88. The lowest BCUT2D eigenvalue weighted by molar-refractivity contribution is -0.136. The van der Waals surface area contributed by atoms with Crippen LogP contribution >= 0.6 is 0 Å². The van der Waals surface area contributed by atoms with E-state index in [1.54, 1.807) is 18.2 Å². The summed E-state index contributed by atoms with van der Waals surface area (Å²) < 4.78 is 11.3. The molecule has 0 saturated carbocycles. The van der Waals surface area contributed by atoms with Gasteiger partial charge < -0.3 is 9.47 Å². The van der Waals surface area contributed by atoms with Gasteiger partial charge in [0.05, 0.1) is 24.3 Å². The third kappa shape index (κ3) is 2.96. The van der Waals surface area contributed by atoms with Crippen molar-refractivity contribution in [2.24, 2.45) is 0 Å². The number of ether oxygens (including phenoxy) is 2. The van der Waals surface area contributed by atoms with Crippen molar-refractivity contribution in [1.29, 1.82) is 0 Å². The van der Waals surface area contributed by atoms with Gasteiger partial charge >= 0.3 is 0 Å². The molecule has 1 atom stereocenters. The molecule has 0 radical (unpaired) electrons. The standard InChI is InChI=1S/C22H18N2O6/c25-18-7-6-16(20(26)23-18)24-21(27)15-2-1-3-17(19(15)22(24)28)30-9-12-4-5-13-10-29-11-14(13)8-12/h1-5,8,16H,6-7,9-11H2,(H,23,25,26). The van der Waals surface area contributed by atoms with E-state index in [2.05, 4.69) is 5.32 Å². The van der Waals surface area contributed by atoms with Crippen LogP contribution in [0.15, 0.2) is 36.4 Å².